The number of benzene rings is 1. The second-order valence-electron chi connectivity index (χ2n) is 7.12. The molecule has 1 atom stereocenters. The second kappa shape index (κ2) is 8.24. The highest BCUT2D eigenvalue weighted by molar-refractivity contribution is 7.86. The highest BCUT2D eigenvalue weighted by Gasteiger charge is 2.36. The third-order valence-electron chi connectivity index (χ3n) is 5.28. The van der Waals surface area contributed by atoms with Crippen molar-refractivity contribution in [1.29, 1.82) is 0 Å². The monoisotopic (exact) mass is 411 g/mol. The Bertz CT molecular complexity index is 825. The van der Waals surface area contributed by atoms with Crippen molar-refractivity contribution >= 4 is 16.1 Å². The minimum Gasteiger partial charge on any atom is -0.454 e. The van der Waals surface area contributed by atoms with E-state index < -0.39 is 10.2 Å². The summed E-state index contributed by atoms with van der Waals surface area (Å²) in [4.78, 5) is 12.6. The van der Waals surface area contributed by atoms with Gasteiger partial charge in [0, 0.05) is 32.7 Å². The van der Waals surface area contributed by atoms with E-state index in [0.717, 1.165) is 5.56 Å². The van der Waals surface area contributed by atoms with Crippen LogP contribution in [-0.2, 0) is 26.3 Å². The number of carbonyl (C=O) groups excluding carboxylic acids is 1. The predicted octanol–water partition coefficient (Wildman–Crippen LogP) is 0.321. The fourth-order valence-corrected chi connectivity index (χ4v) is 5.36. The molecule has 9 nitrogen and oxygen atoms in total. The molecule has 0 spiro atoms. The molecule has 3 aliphatic rings. The SMILES string of the molecule is O=C(NCc1ccc2c(c1)OCO2)[C@H]1CCCN(S(=O)(=O)N2CCOCC2)C1. The van der Waals surface area contributed by atoms with Crippen LogP contribution in [0, 0.1) is 5.92 Å². The first-order valence-electron chi connectivity index (χ1n) is 9.53. The normalized spacial score (nSPS) is 23.5. The molecule has 1 aromatic rings. The molecule has 1 N–H and O–H groups in total. The molecule has 1 aromatic carbocycles. The van der Waals surface area contributed by atoms with Gasteiger partial charge in [-0.15, -0.1) is 0 Å². The van der Waals surface area contributed by atoms with Gasteiger partial charge in [-0.1, -0.05) is 6.07 Å². The van der Waals surface area contributed by atoms with Gasteiger partial charge in [0.05, 0.1) is 19.1 Å². The number of morpholine rings is 1. The van der Waals surface area contributed by atoms with Gasteiger partial charge in [0.1, 0.15) is 0 Å². The molecule has 1 amide bonds. The first-order valence-corrected chi connectivity index (χ1v) is 10.9. The molecule has 154 valence electrons. The highest BCUT2D eigenvalue weighted by atomic mass is 32.2. The van der Waals surface area contributed by atoms with E-state index >= 15 is 0 Å². The van der Waals surface area contributed by atoms with Gasteiger partial charge in [-0.2, -0.15) is 17.0 Å². The van der Waals surface area contributed by atoms with Crippen molar-refractivity contribution in [2.75, 3.05) is 46.2 Å². The number of hydrogen-bond acceptors (Lipinski definition) is 6. The maximum atomic E-state index is 12.8. The third kappa shape index (κ3) is 4.09. The maximum absolute atomic E-state index is 12.8. The summed E-state index contributed by atoms with van der Waals surface area (Å²) < 4.78 is 44.4. The molecule has 2 saturated heterocycles. The summed E-state index contributed by atoms with van der Waals surface area (Å²) in [7, 11) is -3.55. The molecule has 0 bridgehead atoms. The molecule has 4 rings (SSSR count). The molecule has 0 aliphatic carbocycles. The largest absolute Gasteiger partial charge is 0.454 e. The molecule has 0 unspecified atom stereocenters. The Hall–Kier alpha value is -1.88. The number of amides is 1. The Kier molecular flexibility index (Phi) is 5.72. The zero-order valence-electron chi connectivity index (χ0n) is 15.6. The number of hydrogen-bond donors (Lipinski definition) is 1. The standard InChI is InChI=1S/C18H25N3O6S/c22-18(19-11-14-3-4-16-17(10-14)27-13-26-16)15-2-1-5-21(12-15)28(23,24)20-6-8-25-9-7-20/h3-4,10,15H,1-2,5-9,11-13H2,(H,19,22)/t15-/m0/s1. The summed E-state index contributed by atoms with van der Waals surface area (Å²) in [6.45, 7) is 2.78. The molecule has 0 saturated carbocycles. The fraction of sp³-hybridized carbons (Fsp3) is 0.611. The number of fused-ring (bicyclic) bond motifs is 1. The van der Waals surface area contributed by atoms with Crippen molar-refractivity contribution in [3.8, 4) is 11.5 Å². The molecular formula is C18H25N3O6S. The molecular weight excluding hydrogens is 386 g/mol. The minimum absolute atomic E-state index is 0.125. The van der Waals surface area contributed by atoms with Gasteiger partial charge < -0.3 is 19.5 Å². The van der Waals surface area contributed by atoms with Crippen LogP contribution >= 0.6 is 0 Å². The van der Waals surface area contributed by atoms with Crippen LogP contribution in [0.15, 0.2) is 18.2 Å². The van der Waals surface area contributed by atoms with E-state index in [9.17, 15) is 13.2 Å². The Morgan fingerprint density at radius 2 is 1.89 bits per heavy atom. The quantitative estimate of drug-likeness (QED) is 0.750. The van der Waals surface area contributed by atoms with Gasteiger partial charge >= 0.3 is 0 Å². The average Bonchev–Trinajstić information content (AvgIpc) is 3.20. The lowest BCUT2D eigenvalue weighted by molar-refractivity contribution is -0.126. The van der Waals surface area contributed by atoms with Crippen molar-refractivity contribution in [3.05, 3.63) is 23.8 Å². The third-order valence-corrected chi connectivity index (χ3v) is 7.28. The van der Waals surface area contributed by atoms with Crippen LogP contribution in [0.2, 0.25) is 0 Å². The summed E-state index contributed by atoms with van der Waals surface area (Å²) in [5, 5.41) is 2.92. The number of rotatable bonds is 5. The fourth-order valence-electron chi connectivity index (χ4n) is 3.69. The Balaban J connectivity index is 1.34. The molecule has 2 fully saturated rings. The van der Waals surface area contributed by atoms with Crippen molar-refractivity contribution in [2.45, 2.75) is 19.4 Å². The van der Waals surface area contributed by atoms with Crippen LogP contribution in [0.5, 0.6) is 11.5 Å². The summed E-state index contributed by atoms with van der Waals surface area (Å²) in [6, 6.07) is 5.55. The minimum atomic E-state index is -3.55. The number of ether oxygens (including phenoxy) is 3. The maximum Gasteiger partial charge on any atom is 0.282 e. The molecule has 28 heavy (non-hydrogen) atoms. The van der Waals surface area contributed by atoms with E-state index in [1.54, 1.807) is 0 Å². The summed E-state index contributed by atoms with van der Waals surface area (Å²) >= 11 is 0. The Morgan fingerprint density at radius 3 is 2.71 bits per heavy atom. The van der Waals surface area contributed by atoms with Crippen LogP contribution in [0.1, 0.15) is 18.4 Å². The number of nitrogens with zero attached hydrogens (tertiary/aromatic N) is 2. The highest BCUT2D eigenvalue weighted by Crippen LogP contribution is 2.32. The number of carbonyl (C=O) groups is 1. The molecule has 3 aliphatic heterocycles. The van der Waals surface area contributed by atoms with Crippen molar-refractivity contribution in [1.82, 2.24) is 13.9 Å². The molecule has 0 aromatic heterocycles. The molecule has 0 radical (unpaired) electrons. The zero-order chi connectivity index (χ0) is 19.6. The van der Waals surface area contributed by atoms with Crippen LogP contribution in [0.3, 0.4) is 0 Å². The Morgan fingerprint density at radius 1 is 1.11 bits per heavy atom. The topological polar surface area (TPSA) is 97.4 Å². The van der Waals surface area contributed by atoms with E-state index in [1.165, 1.54) is 8.61 Å². The van der Waals surface area contributed by atoms with Gasteiger partial charge in [-0.25, -0.2) is 0 Å². The van der Waals surface area contributed by atoms with Crippen molar-refractivity contribution in [2.24, 2.45) is 5.92 Å². The van der Waals surface area contributed by atoms with E-state index in [0.29, 0.717) is 63.7 Å². The first-order chi connectivity index (χ1) is 13.5. The van der Waals surface area contributed by atoms with Gasteiger partial charge in [-0.05, 0) is 30.5 Å². The molecule has 10 heteroatoms. The van der Waals surface area contributed by atoms with Gasteiger partial charge in [0.25, 0.3) is 10.2 Å². The smallest absolute Gasteiger partial charge is 0.282 e. The van der Waals surface area contributed by atoms with E-state index in [1.807, 2.05) is 18.2 Å². The van der Waals surface area contributed by atoms with Crippen molar-refractivity contribution in [3.63, 3.8) is 0 Å². The lowest BCUT2D eigenvalue weighted by Gasteiger charge is -2.36. The van der Waals surface area contributed by atoms with Gasteiger partial charge in [-0.3, -0.25) is 4.79 Å². The van der Waals surface area contributed by atoms with E-state index in [2.05, 4.69) is 5.32 Å². The average molecular weight is 411 g/mol. The summed E-state index contributed by atoms with van der Waals surface area (Å²) in [6.07, 6.45) is 1.35. The van der Waals surface area contributed by atoms with Crippen LogP contribution in [0.25, 0.3) is 0 Å². The van der Waals surface area contributed by atoms with Crippen LogP contribution in [-0.4, -0.2) is 69.1 Å². The van der Waals surface area contributed by atoms with E-state index in [-0.39, 0.29) is 25.2 Å². The number of nitrogens with one attached hydrogen (secondary N) is 1. The predicted molar refractivity (Wildman–Crippen MR) is 100 cm³/mol. The van der Waals surface area contributed by atoms with Crippen LogP contribution in [0.4, 0.5) is 0 Å². The molecule has 3 heterocycles. The summed E-state index contributed by atoms with van der Waals surface area (Å²) in [5.41, 5.74) is 0.909. The summed E-state index contributed by atoms with van der Waals surface area (Å²) in [5.74, 6) is 0.900. The van der Waals surface area contributed by atoms with Crippen LogP contribution < -0.4 is 14.8 Å². The second-order valence-corrected chi connectivity index (χ2v) is 9.05. The van der Waals surface area contributed by atoms with Gasteiger partial charge in [0.15, 0.2) is 11.5 Å². The first kappa shape index (κ1) is 19.4. The zero-order valence-corrected chi connectivity index (χ0v) is 16.4. The van der Waals surface area contributed by atoms with Crippen molar-refractivity contribution < 1.29 is 27.4 Å². The lowest BCUT2D eigenvalue weighted by Crippen LogP contribution is -2.52. The van der Waals surface area contributed by atoms with E-state index in [4.69, 9.17) is 14.2 Å². The number of piperidine rings is 1. The van der Waals surface area contributed by atoms with Gasteiger partial charge in [0.2, 0.25) is 12.7 Å². The Labute approximate surface area is 164 Å². The lowest BCUT2D eigenvalue weighted by atomic mass is 9.98.